The van der Waals surface area contributed by atoms with Crippen molar-refractivity contribution in [1.82, 2.24) is 0 Å². The summed E-state index contributed by atoms with van der Waals surface area (Å²) in [5.41, 5.74) is 0.481. The van der Waals surface area contributed by atoms with E-state index in [1.54, 1.807) is 37.3 Å². The lowest BCUT2D eigenvalue weighted by Gasteiger charge is -2.06. The number of thioether (sulfide) groups is 1. The number of aliphatic hydroxyl groups is 1. The zero-order valence-corrected chi connectivity index (χ0v) is 16.4. The number of rotatable bonds is 7. The molecule has 1 heterocycles. The van der Waals surface area contributed by atoms with E-state index in [4.69, 9.17) is 14.7 Å². The van der Waals surface area contributed by atoms with Gasteiger partial charge in [0.1, 0.15) is 28.2 Å². The Hall–Kier alpha value is -3.05. The van der Waals surface area contributed by atoms with Crippen LogP contribution in [-0.2, 0) is 14.3 Å². The smallest absolute Gasteiger partial charge is 0.344 e. The Labute approximate surface area is 167 Å². The monoisotopic (exact) mass is 400 g/mol. The minimum Gasteiger partial charge on any atom is -0.506 e. The maximum absolute atomic E-state index is 12.3. The molecule has 0 bridgehead atoms. The van der Waals surface area contributed by atoms with Gasteiger partial charge in [-0.3, -0.25) is 4.79 Å². The third-order valence-electron chi connectivity index (χ3n) is 3.56. The Kier molecular flexibility index (Phi) is 7.84. The van der Waals surface area contributed by atoms with E-state index in [1.165, 1.54) is 0 Å². The van der Waals surface area contributed by atoms with E-state index in [2.05, 4.69) is 4.99 Å². The highest BCUT2D eigenvalue weighted by Crippen LogP contribution is 2.40. The molecule has 0 unspecified atom stereocenters. The number of esters is 1. The summed E-state index contributed by atoms with van der Waals surface area (Å²) >= 11 is 1.01. The Balaban J connectivity index is 2.46. The highest BCUT2D eigenvalue weighted by Gasteiger charge is 2.33. The van der Waals surface area contributed by atoms with Gasteiger partial charge in [-0.05, 0) is 25.5 Å². The molecule has 1 aliphatic heterocycles. The van der Waals surface area contributed by atoms with Gasteiger partial charge in [0.25, 0.3) is 0 Å². The van der Waals surface area contributed by atoms with E-state index in [-0.39, 0.29) is 41.9 Å². The summed E-state index contributed by atoms with van der Waals surface area (Å²) < 4.78 is 10.4. The molecule has 1 aromatic carbocycles. The second kappa shape index (κ2) is 10.3. The molecule has 1 N–H and O–H groups in total. The molecule has 0 radical (unpaired) electrons. The summed E-state index contributed by atoms with van der Waals surface area (Å²) in [6, 6.07) is 8.87. The average molecular weight is 400 g/mol. The molecular weight excluding hydrogens is 380 g/mol. The van der Waals surface area contributed by atoms with Crippen LogP contribution >= 0.6 is 11.8 Å². The minimum absolute atomic E-state index is 0.107. The van der Waals surface area contributed by atoms with Crippen LogP contribution in [0, 0.1) is 11.3 Å². The van der Waals surface area contributed by atoms with Gasteiger partial charge >= 0.3 is 5.97 Å². The Morgan fingerprint density at radius 2 is 2.07 bits per heavy atom. The second-order valence-electron chi connectivity index (χ2n) is 5.60. The number of carbonyl (C=O) groups is 2. The molecule has 1 aromatic rings. The minimum atomic E-state index is -0.743. The van der Waals surface area contributed by atoms with E-state index < -0.39 is 5.97 Å². The molecule has 8 heteroatoms. The number of carbonyl (C=O) groups excluding carboxylic acids is 2. The van der Waals surface area contributed by atoms with Gasteiger partial charge in [-0.25, -0.2) is 9.79 Å². The highest BCUT2D eigenvalue weighted by atomic mass is 32.2. The SMILES string of the molecule is CCCC(=O)N=C1S/C(=C\c2ccccc2OCC#N)C(O)=C1C(=O)OCC. The first-order valence-electron chi connectivity index (χ1n) is 8.72. The van der Waals surface area contributed by atoms with Crippen LogP contribution < -0.4 is 4.74 Å². The standard InChI is InChI=1S/C20H20N2O5S/c1-3-7-16(23)22-19-17(20(25)26-4-2)18(24)15(28-19)12-13-8-5-6-9-14(13)27-11-10-21/h5-6,8-9,12,24H,3-4,7,11H2,1-2H3/b15-12-,22-19?. The molecule has 1 amide bonds. The van der Waals surface area contributed by atoms with Crippen LogP contribution in [0.25, 0.3) is 6.08 Å². The van der Waals surface area contributed by atoms with Crippen LogP contribution in [-0.4, -0.2) is 35.2 Å². The fourth-order valence-electron chi connectivity index (χ4n) is 2.36. The van der Waals surface area contributed by atoms with Crippen LogP contribution in [0.15, 0.2) is 45.5 Å². The summed E-state index contributed by atoms with van der Waals surface area (Å²) in [5.74, 6) is -0.969. The maximum Gasteiger partial charge on any atom is 0.344 e. The number of para-hydroxylation sites is 1. The molecule has 2 rings (SSSR count). The number of aliphatic imine (C=N–C) groups is 1. The number of aliphatic hydroxyl groups excluding tert-OH is 1. The van der Waals surface area contributed by atoms with Crippen molar-refractivity contribution in [2.75, 3.05) is 13.2 Å². The highest BCUT2D eigenvalue weighted by molar-refractivity contribution is 8.18. The molecular formula is C20H20N2O5S. The molecule has 0 saturated heterocycles. The summed E-state index contributed by atoms with van der Waals surface area (Å²) in [7, 11) is 0. The molecule has 146 valence electrons. The summed E-state index contributed by atoms with van der Waals surface area (Å²) in [6.45, 7) is 3.50. The van der Waals surface area contributed by atoms with Crippen molar-refractivity contribution in [3.8, 4) is 11.8 Å². The van der Waals surface area contributed by atoms with E-state index in [1.807, 2.05) is 13.0 Å². The molecule has 0 spiro atoms. The van der Waals surface area contributed by atoms with Crippen molar-refractivity contribution in [3.63, 3.8) is 0 Å². The average Bonchev–Trinajstić information content (AvgIpc) is 2.96. The summed E-state index contributed by atoms with van der Waals surface area (Å²) in [6.07, 6.45) is 2.47. The zero-order valence-electron chi connectivity index (χ0n) is 15.6. The normalized spacial score (nSPS) is 16.3. The predicted molar refractivity (Wildman–Crippen MR) is 107 cm³/mol. The van der Waals surface area contributed by atoms with Crippen LogP contribution in [0.3, 0.4) is 0 Å². The van der Waals surface area contributed by atoms with Gasteiger partial charge < -0.3 is 14.6 Å². The Morgan fingerprint density at radius 3 is 2.75 bits per heavy atom. The lowest BCUT2D eigenvalue weighted by Crippen LogP contribution is -2.14. The van der Waals surface area contributed by atoms with E-state index in [9.17, 15) is 14.7 Å². The molecule has 0 atom stereocenters. The van der Waals surface area contributed by atoms with Crippen molar-refractivity contribution >= 4 is 34.8 Å². The molecule has 7 nitrogen and oxygen atoms in total. The fraction of sp³-hybridized carbons (Fsp3) is 0.300. The Morgan fingerprint density at radius 1 is 1.32 bits per heavy atom. The molecule has 1 aliphatic rings. The largest absolute Gasteiger partial charge is 0.506 e. The molecule has 28 heavy (non-hydrogen) atoms. The number of hydrogen-bond donors (Lipinski definition) is 1. The van der Waals surface area contributed by atoms with E-state index in [0.29, 0.717) is 22.6 Å². The van der Waals surface area contributed by atoms with E-state index in [0.717, 1.165) is 11.8 Å². The van der Waals surface area contributed by atoms with Crippen LogP contribution in [0.2, 0.25) is 0 Å². The van der Waals surface area contributed by atoms with E-state index >= 15 is 0 Å². The topological polar surface area (TPSA) is 109 Å². The van der Waals surface area contributed by atoms with Crippen molar-refractivity contribution < 1.29 is 24.2 Å². The first-order valence-corrected chi connectivity index (χ1v) is 9.54. The predicted octanol–water partition coefficient (Wildman–Crippen LogP) is 3.78. The van der Waals surface area contributed by atoms with Gasteiger partial charge in [0.15, 0.2) is 6.61 Å². The van der Waals surface area contributed by atoms with Gasteiger partial charge in [0.05, 0.1) is 11.5 Å². The van der Waals surface area contributed by atoms with Crippen molar-refractivity contribution in [1.29, 1.82) is 5.26 Å². The van der Waals surface area contributed by atoms with Gasteiger partial charge in [-0.15, -0.1) is 0 Å². The molecule has 0 aromatic heterocycles. The van der Waals surface area contributed by atoms with Gasteiger partial charge in [-0.1, -0.05) is 36.9 Å². The van der Waals surface area contributed by atoms with Crippen LogP contribution in [0.4, 0.5) is 0 Å². The van der Waals surface area contributed by atoms with Crippen molar-refractivity contribution in [2.24, 2.45) is 4.99 Å². The zero-order chi connectivity index (χ0) is 20.5. The third-order valence-corrected chi connectivity index (χ3v) is 4.58. The number of hydrogen-bond acceptors (Lipinski definition) is 7. The fourth-order valence-corrected chi connectivity index (χ4v) is 3.38. The molecule has 0 saturated carbocycles. The molecule has 0 aliphatic carbocycles. The second-order valence-corrected chi connectivity index (χ2v) is 6.63. The lowest BCUT2D eigenvalue weighted by molar-refractivity contribution is -0.138. The third kappa shape index (κ3) is 5.24. The van der Waals surface area contributed by atoms with Gasteiger partial charge in [-0.2, -0.15) is 5.26 Å². The first kappa shape index (κ1) is 21.3. The van der Waals surface area contributed by atoms with Crippen molar-refractivity contribution in [3.05, 3.63) is 46.1 Å². The first-order chi connectivity index (χ1) is 13.5. The number of nitriles is 1. The number of nitrogens with zero attached hydrogens (tertiary/aromatic N) is 2. The van der Waals surface area contributed by atoms with Crippen LogP contribution in [0.1, 0.15) is 32.3 Å². The van der Waals surface area contributed by atoms with Gasteiger partial charge in [0, 0.05) is 12.0 Å². The van der Waals surface area contributed by atoms with Crippen LogP contribution in [0.5, 0.6) is 5.75 Å². The lowest BCUT2D eigenvalue weighted by atomic mass is 10.1. The Bertz CT molecular complexity index is 896. The maximum atomic E-state index is 12.3. The molecule has 0 fully saturated rings. The number of benzene rings is 1. The quantitative estimate of drug-likeness (QED) is 0.694. The number of amides is 1. The van der Waals surface area contributed by atoms with Gasteiger partial charge in [0.2, 0.25) is 5.91 Å². The number of ether oxygens (including phenoxy) is 2. The van der Waals surface area contributed by atoms with Crippen molar-refractivity contribution in [2.45, 2.75) is 26.7 Å². The summed E-state index contributed by atoms with van der Waals surface area (Å²) in [5, 5.41) is 19.4. The summed E-state index contributed by atoms with van der Waals surface area (Å²) in [4.78, 5) is 28.5.